The van der Waals surface area contributed by atoms with Gasteiger partial charge in [0.25, 0.3) is 0 Å². The highest BCUT2D eigenvalue weighted by atomic mass is 35.5. The van der Waals surface area contributed by atoms with Crippen LogP contribution in [0.15, 0.2) is 17.3 Å². The Morgan fingerprint density at radius 1 is 1.58 bits per heavy atom. The molecule has 0 aromatic heterocycles. The first-order chi connectivity index (χ1) is 5.27. The van der Waals surface area contributed by atoms with E-state index in [0.717, 1.165) is 0 Å². The van der Waals surface area contributed by atoms with Crippen LogP contribution in [-0.2, 0) is 0 Å². The Balaban J connectivity index is 4.61. The maximum absolute atomic E-state index is 9.59. The number of hydrogen-bond donors (Lipinski definition) is 2. The average molecular weight is 192 g/mol. The quantitative estimate of drug-likeness (QED) is 0.530. The summed E-state index contributed by atoms with van der Waals surface area (Å²) >= 11 is 5.48. The maximum Gasteiger partial charge on any atom is 0.167 e. The molecule has 0 fully saturated rings. The summed E-state index contributed by atoms with van der Waals surface area (Å²) in [5.74, 6) is -0.414. The van der Waals surface area contributed by atoms with Crippen LogP contribution in [0.3, 0.4) is 0 Å². The van der Waals surface area contributed by atoms with Gasteiger partial charge in [-0.15, -0.1) is 0 Å². The van der Waals surface area contributed by atoms with Crippen LogP contribution in [0.5, 0.6) is 0 Å². The molecule has 0 radical (unpaired) electrons. The summed E-state index contributed by atoms with van der Waals surface area (Å²) in [4.78, 5) is 3.70. The van der Waals surface area contributed by atoms with Crippen molar-refractivity contribution in [2.45, 2.75) is 26.5 Å². The molecule has 0 rings (SSSR count). The normalized spacial score (nSPS) is 17.7. The Morgan fingerprint density at radius 3 is 2.25 bits per heavy atom. The summed E-state index contributed by atoms with van der Waals surface area (Å²) in [5.41, 5.74) is -1.26. The lowest BCUT2D eigenvalue weighted by molar-refractivity contribution is 0.0229. The smallest absolute Gasteiger partial charge is 0.167 e. The lowest BCUT2D eigenvalue weighted by atomic mass is 10.0. The van der Waals surface area contributed by atoms with Crippen molar-refractivity contribution in [2.75, 3.05) is 0 Å². The molecule has 2 N–H and O–H groups in total. The number of aliphatic hydroxyl groups excluding tert-OH is 1. The van der Waals surface area contributed by atoms with Gasteiger partial charge >= 0.3 is 0 Å². The number of nitrogens with zero attached hydrogens (tertiary/aromatic N) is 1. The Kier molecular flexibility index (Phi) is 3.74. The standard InChI is InChI=1S/C8H14ClNO2/c1-5(2)8(4,12)10-7(9)6(3)11/h5,11-12H,3H2,1-2,4H3/b10-7+. The monoisotopic (exact) mass is 191 g/mol. The summed E-state index contributed by atoms with van der Waals surface area (Å²) in [6.45, 7) is 8.30. The Labute approximate surface area is 77.4 Å². The van der Waals surface area contributed by atoms with Crippen LogP contribution in [0, 0.1) is 5.92 Å². The molecule has 70 valence electrons. The van der Waals surface area contributed by atoms with Crippen molar-refractivity contribution < 1.29 is 10.2 Å². The highest BCUT2D eigenvalue weighted by molar-refractivity contribution is 6.69. The highest BCUT2D eigenvalue weighted by Gasteiger charge is 2.24. The van der Waals surface area contributed by atoms with Gasteiger partial charge in [0.1, 0.15) is 5.76 Å². The van der Waals surface area contributed by atoms with Gasteiger partial charge in [-0.2, -0.15) is 0 Å². The van der Waals surface area contributed by atoms with E-state index in [-0.39, 0.29) is 16.8 Å². The number of allylic oxidation sites excluding steroid dienone is 1. The van der Waals surface area contributed by atoms with Crippen LogP contribution in [0.25, 0.3) is 0 Å². The molecule has 1 unspecified atom stereocenters. The SMILES string of the molecule is C=C(O)/C(Cl)=N\C(C)(O)C(C)C. The van der Waals surface area contributed by atoms with E-state index in [4.69, 9.17) is 16.7 Å². The predicted molar refractivity (Wildman–Crippen MR) is 50.5 cm³/mol. The van der Waals surface area contributed by atoms with Gasteiger partial charge in [-0.05, 0) is 6.92 Å². The summed E-state index contributed by atoms with van der Waals surface area (Å²) in [5, 5.41) is 18.2. The molecule has 0 spiro atoms. The molecular weight excluding hydrogens is 178 g/mol. The molecule has 0 aliphatic heterocycles. The van der Waals surface area contributed by atoms with Crippen LogP contribution < -0.4 is 0 Å². The minimum atomic E-state index is -1.26. The van der Waals surface area contributed by atoms with E-state index in [1.165, 1.54) is 6.92 Å². The fraction of sp³-hybridized carbons (Fsp3) is 0.625. The predicted octanol–water partition coefficient (Wildman–Crippen LogP) is 2.06. The van der Waals surface area contributed by atoms with Crippen molar-refractivity contribution in [3.05, 3.63) is 12.3 Å². The minimum absolute atomic E-state index is 0.0781. The molecule has 12 heavy (non-hydrogen) atoms. The number of aliphatic hydroxyl groups is 2. The highest BCUT2D eigenvalue weighted by Crippen LogP contribution is 2.19. The third-order valence-electron chi connectivity index (χ3n) is 1.66. The molecule has 0 amide bonds. The van der Waals surface area contributed by atoms with Crippen molar-refractivity contribution in [3.8, 4) is 0 Å². The largest absolute Gasteiger partial charge is 0.505 e. The van der Waals surface area contributed by atoms with Gasteiger partial charge in [0.05, 0.1) is 0 Å². The molecule has 0 aliphatic carbocycles. The molecule has 0 aromatic rings. The second-order valence-electron chi connectivity index (χ2n) is 3.10. The zero-order valence-corrected chi connectivity index (χ0v) is 8.26. The van der Waals surface area contributed by atoms with E-state index in [1.807, 2.05) is 0 Å². The number of halogens is 1. The number of aliphatic imine (C=N–C) groups is 1. The Bertz CT molecular complexity index is 209. The van der Waals surface area contributed by atoms with Crippen molar-refractivity contribution in [1.82, 2.24) is 0 Å². The van der Waals surface area contributed by atoms with Gasteiger partial charge in [0.2, 0.25) is 0 Å². The van der Waals surface area contributed by atoms with E-state index >= 15 is 0 Å². The molecule has 0 heterocycles. The van der Waals surface area contributed by atoms with Gasteiger partial charge in [0.15, 0.2) is 10.9 Å². The van der Waals surface area contributed by atoms with Crippen LogP contribution in [-0.4, -0.2) is 21.1 Å². The second-order valence-corrected chi connectivity index (χ2v) is 3.46. The molecular formula is C8H14ClNO2. The molecule has 0 bridgehead atoms. The third kappa shape index (κ3) is 3.24. The minimum Gasteiger partial charge on any atom is -0.505 e. The van der Waals surface area contributed by atoms with E-state index in [9.17, 15) is 5.11 Å². The lowest BCUT2D eigenvalue weighted by Crippen LogP contribution is -2.29. The van der Waals surface area contributed by atoms with E-state index in [0.29, 0.717) is 0 Å². The van der Waals surface area contributed by atoms with Gasteiger partial charge in [-0.1, -0.05) is 32.0 Å². The van der Waals surface area contributed by atoms with Gasteiger partial charge in [0, 0.05) is 5.92 Å². The van der Waals surface area contributed by atoms with Crippen molar-refractivity contribution in [1.29, 1.82) is 0 Å². The molecule has 0 saturated carbocycles. The fourth-order valence-electron chi connectivity index (χ4n) is 0.392. The first-order valence-electron chi connectivity index (χ1n) is 3.63. The van der Waals surface area contributed by atoms with Crippen LogP contribution in [0.1, 0.15) is 20.8 Å². The molecule has 4 heteroatoms. The fourth-order valence-corrected chi connectivity index (χ4v) is 0.563. The second kappa shape index (κ2) is 3.92. The lowest BCUT2D eigenvalue weighted by Gasteiger charge is -2.22. The summed E-state index contributed by atoms with van der Waals surface area (Å²) in [6, 6.07) is 0. The van der Waals surface area contributed by atoms with E-state index < -0.39 is 5.72 Å². The van der Waals surface area contributed by atoms with E-state index in [1.54, 1.807) is 13.8 Å². The van der Waals surface area contributed by atoms with Gasteiger partial charge < -0.3 is 10.2 Å². The van der Waals surface area contributed by atoms with E-state index in [2.05, 4.69) is 11.6 Å². The topological polar surface area (TPSA) is 52.8 Å². The Hall–Kier alpha value is -0.540. The molecule has 3 nitrogen and oxygen atoms in total. The molecule has 0 aliphatic rings. The molecule has 1 atom stereocenters. The summed E-state index contributed by atoms with van der Waals surface area (Å²) in [6.07, 6.45) is 0. The summed E-state index contributed by atoms with van der Waals surface area (Å²) in [7, 11) is 0. The van der Waals surface area contributed by atoms with Crippen LogP contribution in [0.2, 0.25) is 0 Å². The van der Waals surface area contributed by atoms with Crippen LogP contribution >= 0.6 is 11.6 Å². The first-order valence-corrected chi connectivity index (χ1v) is 4.01. The van der Waals surface area contributed by atoms with Crippen molar-refractivity contribution in [3.63, 3.8) is 0 Å². The average Bonchev–Trinajstić information content (AvgIpc) is 1.85. The zero-order valence-electron chi connectivity index (χ0n) is 7.50. The summed E-state index contributed by atoms with van der Waals surface area (Å²) < 4.78 is 0. The van der Waals surface area contributed by atoms with Gasteiger partial charge in [-0.3, -0.25) is 0 Å². The number of rotatable bonds is 3. The van der Waals surface area contributed by atoms with Gasteiger partial charge in [-0.25, -0.2) is 4.99 Å². The molecule has 0 aromatic carbocycles. The number of hydrogen-bond acceptors (Lipinski definition) is 3. The third-order valence-corrected chi connectivity index (χ3v) is 1.96. The van der Waals surface area contributed by atoms with Crippen LogP contribution in [0.4, 0.5) is 0 Å². The van der Waals surface area contributed by atoms with Crippen molar-refractivity contribution >= 4 is 16.8 Å². The first kappa shape index (κ1) is 11.5. The molecule has 0 saturated heterocycles. The Morgan fingerprint density at radius 2 is 2.00 bits per heavy atom. The van der Waals surface area contributed by atoms with Crippen molar-refractivity contribution in [2.24, 2.45) is 10.9 Å². The maximum atomic E-state index is 9.59. The zero-order chi connectivity index (χ0) is 9.94.